The summed E-state index contributed by atoms with van der Waals surface area (Å²) in [5, 5.41) is 1.22. The van der Waals surface area contributed by atoms with E-state index >= 15 is 0 Å². The molecule has 0 spiro atoms. The molecule has 5 rings (SSSR count). The molecule has 0 radical (unpaired) electrons. The standard InChI is InChI=1S/C21H27N3OS/c25-21(13-17-12-15-5-6-16(17)11-15)24-9-7-23(8-10-24)14-20-22-18-3-1-2-4-19(18)26-20/h1-4,15-17H,5-14H2/p+1/t15-,16-,17-/m1/s1. The van der Waals surface area contributed by atoms with Crippen LogP contribution in [0.3, 0.4) is 0 Å². The first-order chi connectivity index (χ1) is 12.7. The lowest BCUT2D eigenvalue weighted by Gasteiger charge is -2.33. The van der Waals surface area contributed by atoms with Crippen LogP contribution < -0.4 is 4.90 Å². The van der Waals surface area contributed by atoms with Gasteiger partial charge in [0.05, 0.1) is 36.4 Å². The highest BCUT2D eigenvalue weighted by atomic mass is 32.1. The number of carbonyl (C=O) groups excluding carboxylic acids is 1. The number of hydrogen-bond acceptors (Lipinski definition) is 3. The first-order valence-electron chi connectivity index (χ1n) is 10.2. The lowest BCUT2D eigenvalue weighted by Crippen LogP contribution is -3.13. The maximum absolute atomic E-state index is 12.7. The topological polar surface area (TPSA) is 37.6 Å². The van der Waals surface area contributed by atoms with E-state index in [-0.39, 0.29) is 0 Å². The zero-order chi connectivity index (χ0) is 17.5. The average Bonchev–Trinajstić information content (AvgIpc) is 3.36. The van der Waals surface area contributed by atoms with Gasteiger partial charge in [-0.2, -0.15) is 0 Å². The number of aromatic nitrogens is 1. The number of para-hydroxylation sites is 1. The third kappa shape index (κ3) is 3.27. The molecule has 2 saturated carbocycles. The number of carbonyl (C=O) groups is 1. The molecule has 3 fully saturated rings. The van der Waals surface area contributed by atoms with Crippen molar-refractivity contribution in [3.8, 4) is 0 Å². The van der Waals surface area contributed by atoms with Crippen molar-refractivity contribution in [1.29, 1.82) is 0 Å². The number of nitrogens with zero attached hydrogens (tertiary/aromatic N) is 2. The zero-order valence-corrected chi connectivity index (χ0v) is 16.1. The Bertz CT molecular complexity index is 762. The number of benzene rings is 1. The second-order valence-corrected chi connectivity index (χ2v) is 9.64. The number of amides is 1. The van der Waals surface area contributed by atoms with Gasteiger partial charge in [0.2, 0.25) is 5.91 Å². The van der Waals surface area contributed by atoms with Gasteiger partial charge in [-0.25, -0.2) is 4.98 Å². The molecular formula is C21H28N3OS+. The van der Waals surface area contributed by atoms with E-state index < -0.39 is 0 Å². The highest BCUT2D eigenvalue weighted by Gasteiger charge is 2.40. The first kappa shape index (κ1) is 16.7. The molecule has 1 N–H and O–H groups in total. The van der Waals surface area contributed by atoms with Crippen LogP contribution >= 0.6 is 11.3 Å². The quantitative estimate of drug-likeness (QED) is 0.897. The smallest absolute Gasteiger partial charge is 0.223 e. The van der Waals surface area contributed by atoms with Crippen molar-refractivity contribution < 1.29 is 9.69 Å². The molecule has 3 aliphatic rings. The van der Waals surface area contributed by atoms with E-state index in [4.69, 9.17) is 4.98 Å². The van der Waals surface area contributed by atoms with Crippen LogP contribution in [0.2, 0.25) is 0 Å². The van der Waals surface area contributed by atoms with Crippen LogP contribution in [0.5, 0.6) is 0 Å². The second kappa shape index (κ2) is 6.93. The minimum Gasteiger partial charge on any atom is -0.331 e. The summed E-state index contributed by atoms with van der Waals surface area (Å²) in [6.45, 7) is 4.93. The van der Waals surface area contributed by atoms with Gasteiger partial charge in [-0.05, 0) is 49.1 Å². The summed E-state index contributed by atoms with van der Waals surface area (Å²) in [5.74, 6) is 2.90. The number of thiazole rings is 1. The number of nitrogens with one attached hydrogen (secondary N) is 1. The summed E-state index contributed by atoms with van der Waals surface area (Å²) >= 11 is 1.81. The van der Waals surface area contributed by atoms with E-state index in [9.17, 15) is 4.79 Å². The Labute approximate surface area is 159 Å². The van der Waals surface area contributed by atoms with E-state index in [0.29, 0.717) is 11.8 Å². The fourth-order valence-corrected chi connectivity index (χ4v) is 6.48. The minimum atomic E-state index is 0.418. The van der Waals surface area contributed by atoms with Crippen LogP contribution in [0, 0.1) is 17.8 Å². The number of rotatable bonds is 4. The Morgan fingerprint density at radius 2 is 2.04 bits per heavy atom. The normalized spacial score (nSPS) is 28.9. The largest absolute Gasteiger partial charge is 0.331 e. The fraction of sp³-hybridized carbons (Fsp3) is 0.619. The number of piperazine rings is 1. The molecule has 1 amide bonds. The van der Waals surface area contributed by atoms with Gasteiger partial charge < -0.3 is 9.80 Å². The monoisotopic (exact) mass is 370 g/mol. The predicted molar refractivity (Wildman–Crippen MR) is 104 cm³/mol. The summed E-state index contributed by atoms with van der Waals surface area (Å²) in [6.07, 6.45) is 6.33. The van der Waals surface area contributed by atoms with Crippen molar-refractivity contribution >= 4 is 27.5 Å². The molecule has 26 heavy (non-hydrogen) atoms. The number of hydrogen-bond donors (Lipinski definition) is 1. The van der Waals surface area contributed by atoms with Gasteiger partial charge in [0, 0.05) is 6.42 Å². The summed E-state index contributed by atoms with van der Waals surface area (Å²) in [4.78, 5) is 21.2. The van der Waals surface area contributed by atoms with Gasteiger partial charge in [0.25, 0.3) is 0 Å². The Morgan fingerprint density at radius 3 is 2.77 bits per heavy atom. The molecule has 1 aromatic heterocycles. The van der Waals surface area contributed by atoms with Crippen molar-refractivity contribution in [2.75, 3.05) is 26.2 Å². The molecule has 1 aliphatic heterocycles. The summed E-state index contributed by atoms with van der Waals surface area (Å²) in [5.41, 5.74) is 1.12. The third-order valence-corrected chi connectivity index (χ3v) is 7.92. The van der Waals surface area contributed by atoms with E-state index in [1.807, 2.05) is 11.3 Å². The van der Waals surface area contributed by atoms with Crippen molar-refractivity contribution in [1.82, 2.24) is 9.88 Å². The molecule has 4 nitrogen and oxygen atoms in total. The summed E-state index contributed by atoms with van der Waals surface area (Å²) in [6, 6.07) is 8.38. The predicted octanol–water partition coefficient (Wildman–Crippen LogP) is 2.35. The Balaban J connectivity index is 1.13. The van der Waals surface area contributed by atoms with E-state index in [2.05, 4.69) is 29.2 Å². The molecule has 2 aromatic rings. The number of quaternary nitrogens is 1. The Hall–Kier alpha value is -1.46. The van der Waals surface area contributed by atoms with Gasteiger partial charge in [0.15, 0.2) is 0 Å². The van der Waals surface area contributed by atoms with Crippen LogP contribution in [0.1, 0.15) is 37.1 Å². The van der Waals surface area contributed by atoms with Crippen LogP contribution in [0.15, 0.2) is 24.3 Å². The molecular weight excluding hydrogens is 342 g/mol. The van der Waals surface area contributed by atoms with Gasteiger partial charge >= 0.3 is 0 Å². The first-order valence-corrected chi connectivity index (χ1v) is 11.0. The molecule has 2 bridgehead atoms. The van der Waals surface area contributed by atoms with Crippen molar-refractivity contribution in [3.63, 3.8) is 0 Å². The van der Waals surface area contributed by atoms with E-state index in [0.717, 1.165) is 56.5 Å². The fourth-order valence-electron chi connectivity index (χ4n) is 5.44. The zero-order valence-electron chi connectivity index (χ0n) is 15.3. The molecule has 0 unspecified atom stereocenters. The van der Waals surface area contributed by atoms with Crippen LogP contribution in [0.25, 0.3) is 10.2 Å². The maximum Gasteiger partial charge on any atom is 0.223 e. The van der Waals surface area contributed by atoms with Crippen LogP contribution in [-0.2, 0) is 11.3 Å². The van der Waals surface area contributed by atoms with E-state index in [1.165, 1.54) is 35.4 Å². The third-order valence-electron chi connectivity index (χ3n) is 6.88. The van der Waals surface area contributed by atoms with Crippen molar-refractivity contribution in [2.24, 2.45) is 17.8 Å². The minimum absolute atomic E-state index is 0.418. The molecule has 138 valence electrons. The highest BCUT2D eigenvalue weighted by Crippen LogP contribution is 2.49. The molecule has 1 saturated heterocycles. The maximum atomic E-state index is 12.7. The molecule has 1 aromatic carbocycles. The summed E-state index contributed by atoms with van der Waals surface area (Å²) in [7, 11) is 0. The molecule has 3 atom stereocenters. The average molecular weight is 371 g/mol. The molecule has 2 heterocycles. The highest BCUT2D eigenvalue weighted by molar-refractivity contribution is 7.18. The van der Waals surface area contributed by atoms with Crippen molar-refractivity contribution in [3.05, 3.63) is 29.3 Å². The lowest BCUT2D eigenvalue weighted by molar-refractivity contribution is -0.917. The van der Waals surface area contributed by atoms with Crippen LogP contribution in [-0.4, -0.2) is 42.0 Å². The second-order valence-electron chi connectivity index (χ2n) is 8.52. The van der Waals surface area contributed by atoms with Gasteiger partial charge in [0.1, 0.15) is 11.6 Å². The lowest BCUT2D eigenvalue weighted by atomic mass is 9.86. The van der Waals surface area contributed by atoms with Crippen molar-refractivity contribution in [2.45, 2.75) is 38.6 Å². The Morgan fingerprint density at radius 1 is 1.19 bits per heavy atom. The van der Waals surface area contributed by atoms with Gasteiger partial charge in [-0.3, -0.25) is 4.79 Å². The van der Waals surface area contributed by atoms with E-state index in [1.54, 1.807) is 4.90 Å². The van der Waals surface area contributed by atoms with Gasteiger partial charge in [-0.1, -0.05) is 18.6 Å². The molecule has 5 heteroatoms. The van der Waals surface area contributed by atoms with Crippen LogP contribution in [0.4, 0.5) is 0 Å². The molecule has 2 aliphatic carbocycles. The number of fused-ring (bicyclic) bond motifs is 3. The Kier molecular flexibility index (Phi) is 4.45. The summed E-state index contributed by atoms with van der Waals surface area (Å²) < 4.78 is 1.28. The van der Waals surface area contributed by atoms with Gasteiger partial charge in [-0.15, -0.1) is 11.3 Å². The SMILES string of the molecule is O=C(C[C@H]1C[C@@H]2CC[C@@H]1C2)N1CC[NH+](Cc2nc3ccccc3s2)CC1.